The molecule has 0 atom stereocenters. The third-order valence-electron chi connectivity index (χ3n) is 1.25. The first-order valence-corrected chi connectivity index (χ1v) is 4.25. The third-order valence-corrected chi connectivity index (χ3v) is 1.45. The topological polar surface area (TPSA) is 24.9 Å². The molecule has 0 bridgehead atoms. The molecule has 1 heterocycles. The average Bonchev–Trinajstić information content (AvgIpc) is 1.82. The van der Waals surface area contributed by atoms with Crippen molar-refractivity contribution >= 4 is 17.3 Å². The molecule has 0 spiro atoms. The van der Waals surface area contributed by atoms with Crippen molar-refractivity contribution in [2.45, 2.75) is 26.3 Å². The Labute approximate surface area is 78.0 Å². The minimum absolute atomic E-state index is 0.0602. The van der Waals surface area contributed by atoms with E-state index in [2.05, 4.69) is 31.1 Å². The van der Waals surface area contributed by atoms with E-state index < -0.39 is 0 Å². The van der Waals surface area contributed by atoms with Gasteiger partial charge in [-0.25, -0.2) is 4.98 Å². The number of nitrogens with zero attached hydrogens (tertiary/aromatic N) is 1. The van der Waals surface area contributed by atoms with Crippen LogP contribution in [-0.4, -0.2) is 10.5 Å². The van der Waals surface area contributed by atoms with E-state index in [1.165, 1.54) is 0 Å². The molecule has 12 heavy (non-hydrogen) atoms. The highest BCUT2D eigenvalue weighted by atomic mass is 35.5. The van der Waals surface area contributed by atoms with Gasteiger partial charge in [0.2, 0.25) is 0 Å². The monoisotopic (exact) mass is 184 g/mol. The number of rotatable bonds is 1. The molecule has 0 aliphatic carbocycles. The summed E-state index contributed by atoms with van der Waals surface area (Å²) < 4.78 is 0. The Bertz CT molecular complexity index is 265. The third kappa shape index (κ3) is 3.09. The molecular formula is C9H13ClN2. The molecule has 0 unspecified atom stereocenters. The minimum Gasteiger partial charge on any atom is -0.380 e. The number of aromatic nitrogens is 1. The van der Waals surface area contributed by atoms with Crippen LogP contribution in [0.3, 0.4) is 0 Å². The predicted octanol–water partition coefficient (Wildman–Crippen LogP) is 2.95. The molecule has 0 amide bonds. The van der Waals surface area contributed by atoms with Gasteiger partial charge in [-0.15, -0.1) is 0 Å². The van der Waals surface area contributed by atoms with Gasteiger partial charge in [0.1, 0.15) is 5.15 Å². The zero-order chi connectivity index (χ0) is 9.19. The maximum absolute atomic E-state index is 5.72. The van der Waals surface area contributed by atoms with Crippen molar-refractivity contribution in [2.75, 3.05) is 5.32 Å². The summed E-state index contributed by atoms with van der Waals surface area (Å²) in [5.74, 6) is 0. The number of hydrogen-bond donors (Lipinski definition) is 1. The van der Waals surface area contributed by atoms with Crippen molar-refractivity contribution in [3.8, 4) is 0 Å². The molecule has 0 aromatic carbocycles. The number of hydrogen-bond acceptors (Lipinski definition) is 2. The van der Waals surface area contributed by atoms with Crippen LogP contribution in [0.1, 0.15) is 20.8 Å². The van der Waals surface area contributed by atoms with Crippen LogP contribution in [0.2, 0.25) is 5.15 Å². The van der Waals surface area contributed by atoms with E-state index >= 15 is 0 Å². The van der Waals surface area contributed by atoms with Gasteiger partial charge in [0, 0.05) is 17.4 Å². The van der Waals surface area contributed by atoms with Gasteiger partial charge in [-0.3, -0.25) is 0 Å². The van der Waals surface area contributed by atoms with Crippen LogP contribution in [-0.2, 0) is 0 Å². The van der Waals surface area contributed by atoms with Crippen molar-refractivity contribution in [1.82, 2.24) is 4.98 Å². The molecule has 0 radical (unpaired) electrons. The summed E-state index contributed by atoms with van der Waals surface area (Å²) in [5.41, 5.74) is 1.06. The zero-order valence-corrected chi connectivity index (χ0v) is 8.31. The molecule has 0 saturated heterocycles. The summed E-state index contributed by atoms with van der Waals surface area (Å²) in [5, 5.41) is 3.82. The quantitative estimate of drug-likeness (QED) is 0.679. The van der Waals surface area contributed by atoms with Gasteiger partial charge >= 0.3 is 0 Å². The van der Waals surface area contributed by atoms with Gasteiger partial charge in [0.25, 0.3) is 0 Å². The summed E-state index contributed by atoms with van der Waals surface area (Å²) in [6.45, 7) is 6.30. The number of pyridine rings is 1. The van der Waals surface area contributed by atoms with Crippen LogP contribution < -0.4 is 5.32 Å². The van der Waals surface area contributed by atoms with Crippen LogP contribution in [0, 0.1) is 0 Å². The number of nitrogens with one attached hydrogen (secondary N) is 1. The molecule has 66 valence electrons. The Morgan fingerprint density at radius 3 is 2.58 bits per heavy atom. The molecule has 0 aliphatic heterocycles. The Kier molecular flexibility index (Phi) is 2.58. The summed E-state index contributed by atoms with van der Waals surface area (Å²) in [6.07, 6.45) is 1.69. The fraction of sp³-hybridized carbons (Fsp3) is 0.444. The van der Waals surface area contributed by atoms with Gasteiger partial charge in [-0.05, 0) is 32.9 Å². The highest BCUT2D eigenvalue weighted by Crippen LogP contribution is 2.16. The average molecular weight is 185 g/mol. The number of anilines is 1. The lowest BCUT2D eigenvalue weighted by molar-refractivity contribution is 0.634. The van der Waals surface area contributed by atoms with E-state index in [9.17, 15) is 0 Å². The second kappa shape index (κ2) is 3.31. The maximum Gasteiger partial charge on any atom is 0.131 e. The Hall–Kier alpha value is -0.760. The highest BCUT2D eigenvalue weighted by Gasteiger charge is 2.08. The van der Waals surface area contributed by atoms with E-state index in [1.54, 1.807) is 6.20 Å². The lowest BCUT2D eigenvalue weighted by Gasteiger charge is -2.21. The smallest absolute Gasteiger partial charge is 0.131 e. The van der Waals surface area contributed by atoms with Crippen LogP contribution in [0.25, 0.3) is 0 Å². The maximum atomic E-state index is 5.72. The summed E-state index contributed by atoms with van der Waals surface area (Å²) in [7, 11) is 0. The molecule has 0 aliphatic rings. The van der Waals surface area contributed by atoms with E-state index in [0.717, 1.165) is 5.69 Å². The molecule has 2 nitrogen and oxygen atoms in total. The standard InChI is InChI=1S/C9H13ClN2/c1-9(2,3)12-7-4-5-11-8(10)6-7/h4-6H,1-3H3,(H,11,12). The molecule has 1 N–H and O–H groups in total. The lowest BCUT2D eigenvalue weighted by atomic mass is 10.1. The fourth-order valence-electron chi connectivity index (χ4n) is 0.913. The molecule has 1 rings (SSSR count). The molecule has 1 aromatic rings. The molecule has 0 saturated carbocycles. The Balaban J connectivity index is 2.77. The second-order valence-corrected chi connectivity index (χ2v) is 4.13. The molecule has 3 heteroatoms. The first-order chi connectivity index (χ1) is 5.47. The van der Waals surface area contributed by atoms with Gasteiger partial charge in [0.05, 0.1) is 0 Å². The summed E-state index contributed by atoms with van der Waals surface area (Å²) >= 11 is 5.72. The zero-order valence-electron chi connectivity index (χ0n) is 7.56. The van der Waals surface area contributed by atoms with E-state index in [-0.39, 0.29) is 5.54 Å². The van der Waals surface area contributed by atoms with Gasteiger partial charge in [-0.1, -0.05) is 11.6 Å². The molecule has 0 fully saturated rings. The van der Waals surface area contributed by atoms with Crippen molar-refractivity contribution in [2.24, 2.45) is 0 Å². The Morgan fingerprint density at radius 2 is 2.08 bits per heavy atom. The van der Waals surface area contributed by atoms with Gasteiger partial charge in [-0.2, -0.15) is 0 Å². The van der Waals surface area contributed by atoms with E-state index in [0.29, 0.717) is 5.15 Å². The van der Waals surface area contributed by atoms with Crippen LogP contribution in [0.15, 0.2) is 18.3 Å². The van der Waals surface area contributed by atoms with E-state index in [4.69, 9.17) is 11.6 Å². The van der Waals surface area contributed by atoms with E-state index in [1.807, 2.05) is 12.1 Å². The van der Waals surface area contributed by atoms with Crippen molar-refractivity contribution in [3.63, 3.8) is 0 Å². The van der Waals surface area contributed by atoms with Crippen molar-refractivity contribution in [1.29, 1.82) is 0 Å². The summed E-state index contributed by atoms with van der Waals surface area (Å²) in [4.78, 5) is 3.90. The number of halogens is 1. The highest BCUT2D eigenvalue weighted by molar-refractivity contribution is 6.29. The summed E-state index contributed by atoms with van der Waals surface area (Å²) in [6, 6.07) is 3.71. The second-order valence-electron chi connectivity index (χ2n) is 3.74. The minimum atomic E-state index is 0.0602. The Morgan fingerprint density at radius 1 is 1.42 bits per heavy atom. The lowest BCUT2D eigenvalue weighted by Crippen LogP contribution is -2.25. The molecular weight excluding hydrogens is 172 g/mol. The van der Waals surface area contributed by atoms with Gasteiger partial charge in [0.15, 0.2) is 0 Å². The van der Waals surface area contributed by atoms with Gasteiger partial charge < -0.3 is 5.32 Å². The normalized spacial score (nSPS) is 11.3. The van der Waals surface area contributed by atoms with Crippen molar-refractivity contribution < 1.29 is 0 Å². The van der Waals surface area contributed by atoms with Crippen LogP contribution in [0.4, 0.5) is 5.69 Å². The van der Waals surface area contributed by atoms with Crippen LogP contribution >= 0.6 is 11.6 Å². The first-order valence-electron chi connectivity index (χ1n) is 3.87. The van der Waals surface area contributed by atoms with Crippen molar-refractivity contribution in [3.05, 3.63) is 23.5 Å². The SMILES string of the molecule is CC(C)(C)Nc1ccnc(Cl)c1. The largest absolute Gasteiger partial charge is 0.380 e. The first kappa shape index (κ1) is 9.33. The predicted molar refractivity (Wildman–Crippen MR) is 52.6 cm³/mol. The molecule has 1 aromatic heterocycles. The van der Waals surface area contributed by atoms with Crippen LogP contribution in [0.5, 0.6) is 0 Å². The fourth-order valence-corrected chi connectivity index (χ4v) is 1.09.